The number of thioether (sulfide) groups is 1. The summed E-state index contributed by atoms with van der Waals surface area (Å²) in [5.74, 6) is -2.64. The fourth-order valence-corrected chi connectivity index (χ4v) is 6.22. The molecule has 4 atom stereocenters. The summed E-state index contributed by atoms with van der Waals surface area (Å²) in [6.07, 6.45) is 1.55. The van der Waals surface area contributed by atoms with Crippen LogP contribution in [0.15, 0.2) is 21.3 Å². The number of oxazole rings is 1. The van der Waals surface area contributed by atoms with Crippen molar-refractivity contribution >= 4 is 35.6 Å². The van der Waals surface area contributed by atoms with E-state index in [1.165, 1.54) is 22.9 Å². The Morgan fingerprint density at radius 3 is 2.65 bits per heavy atom. The maximum Gasteiger partial charge on any atom is 0.298 e. The van der Waals surface area contributed by atoms with Crippen LogP contribution >= 0.6 is 11.8 Å². The van der Waals surface area contributed by atoms with Crippen molar-refractivity contribution in [1.29, 1.82) is 0 Å². The lowest BCUT2D eigenvalue weighted by Gasteiger charge is -2.47. The van der Waals surface area contributed by atoms with Gasteiger partial charge in [-0.2, -0.15) is 4.98 Å². The molecule has 1 N–H and O–H groups in total. The highest BCUT2D eigenvalue weighted by Crippen LogP contribution is 2.51. The minimum absolute atomic E-state index is 0.0681. The number of anilines is 1. The predicted molar refractivity (Wildman–Crippen MR) is 108 cm³/mol. The zero-order valence-corrected chi connectivity index (χ0v) is 18.0. The number of carboxylic acid groups (broad SMARTS) is 1. The molecule has 0 radical (unpaired) electrons. The lowest BCUT2D eigenvalue weighted by atomic mass is 9.79. The minimum atomic E-state index is -1.37. The number of carbonyl (C=O) groups is 3. The van der Waals surface area contributed by atoms with Gasteiger partial charge in [-0.3, -0.25) is 9.59 Å². The molecular weight excluding hydrogens is 424 g/mol. The Morgan fingerprint density at radius 1 is 1.35 bits per heavy atom. The lowest BCUT2D eigenvalue weighted by Crippen LogP contribution is -2.64. The van der Waals surface area contributed by atoms with Crippen LogP contribution in [0.1, 0.15) is 30.8 Å². The smallest absolute Gasteiger partial charge is 0.298 e. The molecule has 4 aliphatic heterocycles. The predicted octanol–water partition coefficient (Wildman–Crippen LogP) is -0.739. The van der Waals surface area contributed by atoms with Gasteiger partial charge in [0, 0.05) is 42.3 Å². The van der Waals surface area contributed by atoms with Crippen molar-refractivity contribution in [3.8, 4) is 0 Å². The highest BCUT2D eigenvalue weighted by Gasteiger charge is 2.59. The number of fused-ring (bicyclic) bond motifs is 1. The summed E-state index contributed by atoms with van der Waals surface area (Å²) in [5.41, 5.74) is 0.227. The summed E-state index contributed by atoms with van der Waals surface area (Å²) in [6, 6.07) is 0.0309. The molecule has 1 aromatic heterocycles. The first-order valence-electron chi connectivity index (χ1n) is 10.4. The van der Waals surface area contributed by atoms with E-state index in [9.17, 15) is 24.6 Å². The van der Waals surface area contributed by atoms with Crippen LogP contribution < -0.4 is 10.0 Å². The van der Waals surface area contributed by atoms with Gasteiger partial charge in [-0.15, -0.1) is 11.8 Å². The van der Waals surface area contributed by atoms with Crippen LogP contribution in [-0.2, 0) is 9.59 Å². The minimum Gasteiger partial charge on any atom is -0.543 e. The molecule has 31 heavy (non-hydrogen) atoms. The lowest BCUT2D eigenvalue weighted by molar-refractivity contribution is -0.301. The number of hydrogen-bond donors (Lipinski definition) is 1. The van der Waals surface area contributed by atoms with Gasteiger partial charge in [0.2, 0.25) is 5.91 Å². The molecule has 4 aliphatic rings. The van der Waals surface area contributed by atoms with Gasteiger partial charge in [0.1, 0.15) is 6.26 Å². The SMILES string of the molecule is C[C@@H](O)[C@H]1C(=O)N2C(C(=O)[O-])=C(SC3CN(c4nc(C(=O)N5CCC5)co4)C3)[C@H](C)[C@H]12. The first-order valence-corrected chi connectivity index (χ1v) is 11.3. The maximum absolute atomic E-state index is 12.4. The maximum atomic E-state index is 12.4. The van der Waals surface area contributed by atoms with E-state index in [2.05, 4.69) is 4.98 Å². The number of likely N-dealkylation sites (tertiary alicyclic amines) is 1. The van der Waals surface area contributed by atoms with E-state index in [0.717, 1.165) is 19.5 Å². The summed E-state index contributed by atoms with van der Waals surface area (Å²) >= 11 is 1.43. The second-order valence-electron chi connectivity index (χ2n) is 8.56. The molecular formula is C20H23N4O6S-. The first kappa shape index (κ1) is 20.4. The van der Waals surface area contributed by atoms with Crippen molar-refractivity contribution in [2.24, 2.45) is 11.8 Å². The summed E-state index contributed by atoms with van der Waals surface area (Å²) in [6.45, 7) is 6.09. The molecule has 3 saturated heterocycles. The van der Waals surface area contributed by atoms with Crippen LogP contribution in [0.4, 0.5) is 6.01 Å². The largest absolute Gasteiger partial charge is 0.543 e. The van der Waals surface area contributed by atoms with Gasteiger partial charge in [0.15, 0.2) is 5.69 Å². The number of rotatable bonds is 6. The number of carboxylic acids is 1. The zero-order valence-electron chi connectivity index (χ0n) is 17.2. The molecule has 166 valence electrons. The molecule has 11 heteroatoms. The van der Waals surface area contributed by atoms with Crippen molar-refractivity contribution < 1.29 is 29.0 Å². The fraction of sp³-hybridized carbons (Fsp3) is 0.600. The molecule has 0 spiro atoms. The topological polar surface area (TPSA) is 130 Å². The van der Waals surface area contributed by atoms with Crippen LogP contribution in [-0.4, -0.2) is 81.2 Å². The Morgan fingerprint density at radius 2 is 2.06 bits per heavy atom. The van der Waals surface area contributed by atoms with Crippen LogP contribution in [0.5, 0.6) is 0 Å². The monoisotopic (exact) mass is 447 g/mol. The summed E-state index contributed by atoms with van der Waals surface area (Å²) < 4.78 is 5.47. The van der Waals surface area contributed by atoms with Gasteiger partial charge in [0.25, 0.3) is 11.9 Å². The van der Waals surface area contributed by atoms with Crippen LogP contribution in [0.25, 0.3) is 0 Å². The standard InChI is InChI=1S/C20H24N4O6S/c1-9-14-13(10(2)25)18(27)24(14)15(19(28)29)16(9)31-11-6-23(7-11)20-21-12(8-30-20)17(26)22-4-3-5-22/h8-11,13-14,25H,3-7H2,1-2H3,(H,28,29)/p-1/t9-,10-,13-,14-/m1/s1. The van der Waals surface area contributed by atoms with Gasteiger partial charge < -0.3 is 34.1 Å². The van der Waals surface area contributed by atoms with Gasteiger partial charge >= 0.3 is 0 Å². The van der Waals surface area contributed by atoms with Gasteiger partial charge in [-0.25, -0.2) is 0 Å². The summed E-state index contributed by atoms with van der Waals surface area (Å²) in [5, 5.41) is 21.8. The Balaban J connectivity index is 1.25. The Bertz CT molecular complexity index is 980. The van der Waals surface area contributed by atoms with Crippen molar-refractivity contribution in [2.45, 2.75) is 37.7 Å². The second-order valence-corrected chi connectivity index (χ2v) is 9.90. The number of carbonyl (C=O) groups excluding carboxylic acids is 3. The van der Waals surface area contributed by atoms with Crippen LogP contribution in [0, 0.1) is 11.8 Å². The van der Waals surface area contributed by atoms with Gasteiger partial charge in [-0.05, 0) is 13.3 Å². The molecule has 0 unspecified atom stereocenters. The molecule has 2 amide bonds. The van der Waals surface area contributed by atoms with E-state index >= 15 is 0 Å². The average Bonchev–Trinajstić information content (AvgIpc) is 3.18. The van der Waals surface area contributed by atoms with Crippen molar-refractivity contribution in [3.63, 3.8) is 0 Å². The van der Waals surface area contributed by atoms with E-state index in [0.29, 0.717) is 29.7 Å². The van der Waals surface area contributed by atoms with Gasteiger partial charge in [-0.1, -0.05) is 6.92 Å². The molecule has 1 aromatic rings. The Hall–Kier alpha value is -2.53. The molecule has 10 nitrogen and oxygen atoms in total. The highest BCUT2D eigenvalue weighted by atomic mass is 32.2. The summed E-state index contributed by atoms with van der Waals surface area (Å²) in [4.78, 5) is 46.2. The number of aliphatic hydroxyl groups excluding tert-OH is 1. The molecule has 0 aliphatic carbocycles. The third kappa shape index (κ3) is 3.05. The number of aliphatic hydroxyl groups is 1. The molecule has 0 aromatic carbocycles. The summed E-state index contributed by atoms with van der Waals surface area (Å²) in [7, 11) is 0. The molecule has 0 bridgehead atoms. The van der Waals surface area contributed by atoms with Crippen molar-refractivity contribution in [1.82, 2.24) is 14.8 Å². The van der Waals surface area contributed by atoms with E-state index < -0.39 is 18.0 Å². The number of nitrogens with zero attached hydrogens (tertiary/aromatic N) is 4. The number of β-lactam (4-membered cyclic amide) rings is 1. The number of hydrogen-bond acceptors (Lipinski definition) is 9. The first-order chi connectivity index (χ1) is 14.8. The number of amides is 2. The Kier molecular flexibility index (Phi) is 4.78. The van der Waals surface area contributed by atoms with Crippen molar-refractivity contribution in [3.05, 3.63) is 22.6 Å². The quantitative estimate of drug-likeness (QED) is 0.560. The van der Waals surface area contributed by atoms with Crippen LogP contribution in [0.3, 0.4) is 0 Å². The third-order valence-corrected chi connectivity index (χ3v) is 8.02. The third-order valence-electron chi connectivity index (χ3n) is 6.57. The molecule has 5 rings (SSSR count). The highest BCUT2D eigenvalue weighted by molar-refractivity contribution is 8.03. The molecule has 0 saturated carbocycles. The average molecular weight is 447 g/mol. The molecule has 5 heterocycles. The van der Waals surface area contributed by atoms with E-state index in [-0.39, 0.29) is 34.7 Å². The van der Waals surface area contributed by atoms with E-state index in [1.54, 1.807) is 11.8 Å². The fourth-order valence-electron chi connectivity index (χ4n) is 4.71. The van der Waals surface area contributed by atoms with Crippen molar-refractivity contribution in [2.75, 3.05) is 31.1 Å². The van der Waals surface area contributed by atoms with Crippen LogP contribution in [0.2, 0.25) is 0 Å². The molecule has 3 fully saturated rings. The van der Waals surface area contributed by atoms with E-state index in [4.69, 9.17) is 4.42 Å². The normalized spacial score (nSPS) is 28.8. The van der Waals surface area contributed by atoms with Gasteiger partial charge in [0.05, 0.1) is 29.7 Å². The number of aromatic nitrogens is 1. The second kappa shape index (κ2) is 7.27. The number of aliphatic carboxylic acids is 1. The zero-order chi connectivity index (χ0) is 22.0. The Labute approximate surface area is 182 Å². The van der Waals surface area contributed by atoms with E-state index in [1.807, 2.05) is 11.8 Å².